The second kappa shape index (κ2) is 5.81. The number of benzene rings is 1. The maximum Gasteiger partial charge on any atom is 0.360 e. The van der Waals surface area contributed by atoms with Crippen LogP contribution in [0.5, 0.6) is 0 Å². The van der Waals surface area contributed by atoms with Gasteiger partial charge in [0.2, 0.25) is 0 Å². The molecule has 20 heavy (non-hydrogen) atoms. The average Bonchev–Trinajstić information content (AvgIpc) is 2.75. The molecule has 0 spiro atoms. The molecule has 0 radical (unpaired) electrons. The second-order valence-corrected chi connectivity index (χ2v) is 4.47. The van der Waals surface area contributed by atoms with Crippen LogP contribution in [0.2, 0.25) is 0 Å². The first-order valence-corrected chi connectivity index (χ1v) is 6.35. The highest BCUT2D eigenvalue weighted by Crippen LogP contribution is 2.13. The fraction of sp³-hybridized carbons (Fsp3) is 0.357. The molecule has 6 heteroatoms. The van der Waals surface area contributed by atoms with Gasteiger partial charge in [0, 0.05) is 0 Å². The van der Waals surface area contributed by atoms with Gasteiger partial charge in [0.1, 0.15) is 5.82 Å². The Hall–Kier alpha value is -2.24. The molecule has 0 unspecified atom stereocenters. The minimum absolute atomic E-state index is 0.214. The number of aryl methyl sites for hydroxylation is 1. The second-order valence-electron chi connectivity index (χ2n) is 4.47. The number of ether oxygens (including phenoxy) is 1. The van der Waals surface area contributed by atoms with Crippen LogP contribution >= 0.6 is 0 Å². The van der Waals surface area contributed by atoms with Crippen molar-refractivity contribution >= 4 is 5.97 Å². The van der Waals surface area contributed by atoms with Gasteiger partial charge >= 0.3 is 5.97 Å². The van der Waals surface area contributed by atoms with Crippen molar-refractivity contribution in [1.82, 2.24) is 15.0 Å². The predicted octanol–water partition coefficient (Wildman–Crippen LogP) is 2.26. The molecule has 0 amide bonds. The van der Waals surface area contributed by atoms with Crippen LogP contribution in [0.3, 0.4) is 0 Å². The summed E-state index contributed by atoms with van der Waals surface area (Å²) in [4.78, 5) is 11.7. The zero-order valence-corrected chi connectivity index (χ0v) is 11.7. The van der Waals surface area contributed by atoms with Gasteiger partial charge in [-0.3, -0.25) is 0 Å². The summed E-state index contributed by atoms with van der Waals surface area (Å²) in [6.07, 6.45) is 0. The summed E-state index contributed by atoms with van der Waals surface area (Å²) in [7, 11) is 0. The highest BCUT2D eigenvalue weighted by molar-refractivity contribution is 5.88. The molecular weight excluding hydrogens is 261 g/mol. The maximum absolute atomic E-state index is 13.1. The molecule has 0 N–H and O–H groups in total. The summed E-state index contributed by atoms with van der Waals surface area (Å²) in [6, 6.07) is 4.57. The topological polar surface area (TPSA) is 57.0 Å². The Bertz CT molecular complexity index is 637. The fourth-order valence-corrected chi connectivity index (χ4v) is 1.90. The molecule has 0 saturated carbocycles. The smallest absolute Gasteiger partial charge is 0.360 e. The zero-order valence-electron chi connectivity index (χ0n) is 11.7. The molecule has 0 aliphatic rings. The van der Waals surface area contributed by atoms with E-state index in [-0.39, 0.29) is 11.5 Å². The summed E-state index contributed by atoms with van der Waals surface area (Å²) in [5, 5.41) is 7.79. The monoisotopic (exact) mass is 277 g/mol. The number of hydrogen-bond donors (Lipinski definition) is 0. The summed E-state index contributed by atoms with van der Waals surface area (Å²) >= 11 is 0. The largest absolute Gasteiger partial charge is 0.461 e. The third-order valence-corrected chi connectivity index (χ3v) is 3.08. The quantitative estimate of drug-likeness (QED) is 0.804. The first-order chi connectivity index (χ1) is 9.52. The summed E-state index contributed by atoms with van der Waals surface area (Å²) < 4.78 is 19.6. The molecule has 0 saturated heterocycles. The Labute approximate surface area is 116 Å². The van der Waals surface area contributed by atoms with E-state index in [9.17, 15) is 9.18 Å². The Morgan fingerprint density at radius 3 is 2.80 bits per heavy atom. The van der Waals surface area contributed by atoms with Gasteiger partial charge in [-0.15, -0.1) is 5.10 Å². The van der Waals surface area contributed by atoms with Gasteiger partial charge in [0.05, 0.1) is 18.8 Å². The van der Waals surface area contributed by atoms with Crippen LogP contribution in [0, 0.1) is 19.7 Å². The van der Waals surface area contributed by atoms with Gasteiger partial charge in [-0.05, 0) is 44.0 Å². The van der Waals surface area contributed by atoms with E-state index in [0.717, 1.165) is 11.1 Å². The maximum atomic E-state index is 13.1. The van der Waals surface area contributed by atoms with Gasteiger partial charge in [-0.25, -0.2) is 13.9 Å². The van der Waals surface area contributed by atoms with Crippen molar-refractivity contribution in [3.63, 3.8) is 0 Å². The number of hydrogen-bond acceptors (Lipinski definition) is 4. The Morgan fingerprint density at radius 1 is 1.40 bits per heavy atom. The molecular formula is C14H16FN3O2. The number of aromatic nitrogens is 3. The Morgan fingerprint density at radius 2 is 2.15 bits per heavy atom. The number of carbonyl (C=O) groups excluding carboxylic acids is 1. The van der Waals surface area contributed by atoms with Gasteiger partial charge in [0.25, 0.3) is 0 Å². The minimum Gasteiger partial charge on any atom is -0.461 e. The third-order valence-electron chi connectivity index (χ3n) is 3.08. The minimum atomic E-state index is -0.480. The molecule has 1 aromatic carbocycles. The lowest BCUT2D eigenvalue weighted by molar-refractivity contribution is 0.0518. The fourth-order valence-electron chi connectivity index (χ4n) is 1.90. The average molecular weight is 277 g/mol. The van der Waals surface area contributed by atoms with Crippen LogP contribution in [0.25, 0.3) is 0 Å². The van der Waals surface area contributed by atoms with Gasteiger partial charge in [-0.1, -0.05) is 11.3 Å². The van der Waals surface area contributed by atoms with E-state index in [4.69, 9.17) is 4.74 Å². The normalized spacial score (nSPS) is 10.6. The molecule has 0 fully saturated rings. The van der Waals surface area contributed by atoms with E-state index in [2.05, 4.69) is 10.3 Å². The van der Waals surface area contributed by atoms with Crippen molar-refractivity contribution in [2.45, 2.75) is 27.3 Å². The van der Waals surface area contributed by atoms with E-state index in [1.165, 1.54) is 12.1 Å². The highest BCUT2D eigenvalue weighted by atomic mass is 19.1. The van der Waals surface area contributed by atoms with Crippen molar-refractivity contribution in [3.8, 4) is 0 Å². The third kappa shape index (κ3) is 2.84. The molecule has 0 aliphatic heterocycles. The van der Waals surface area contributed by atoms with E-state index in [1.54, 1.807) is 24.6 Å². The van der Waals surface area contributed by atoms with Crippen molar-refractivity contribution < 1.29 is 13.9 Å². The SMILES string of the molecule is CCOC(=O)c1nnn(Cc2ccc(F)cc2C)c1C. The number of rotatable bonds is 4. The van der Waals surface area contributed by atoms with Crippen LogP contribution < -0.4 is 0 Å². The molecule has 2 rings (SSSR count). The van der Waals surface area contributed by atoms with Crippen molar-refractivity contribution in [2.75, 3.05) is 6.61 Å². The Balaban J connectivity index is 2.24. The molecule has 0 bridgehead atoms. The van der Waals surface area contributed by atoms with E-state index in [0.29, 0.717) is 18.8 Å². The summed E-state index contributed by atoms with van der Waals surface area (Å²) in [6.45, 7) is 6.05. The lowest BCUT2D eigenvalue weighted by Crippen LogP contribution is -2.09. The molecule has 0 atom stereocenters. The number of nitrogens with zero attached hydrogens (tertiary/aromatic N) is 3. The van der Waals surface area contributed by atoms with Crippen molar-refractivity contribution in [3.05, 3.63) is 46.5 Å². The molecule has 5 nitrogen and oxygen atoms in total. The van der Waals surface area contributed by atoms with E-state index >= 15 is 0 Å². The lowest BCUT2D eigenvalue weighted by Gasteiger charge is -2.07. The van der Waals surface area contributed by atoms with Gasteiger partial charge in [-0.2, -0.15) is 0 Å². The molecule has 106 valence electrons. The summed E-state index contributed by atoms with van der Waals surface area (Å²) in [5.41, 5.74) is 2.60. The van der Waals surface area contributed by atoms with Gasteiger partial charge in [0.15, 0.2) is 5.69 Å². The first-order valence-electron chi connectivity index (χ1n) is 6.35. The van der Waals surface area contributed by atoms with Crippen LogP contribution in [0.15, 0.2) is 18.2 Å². The number of esters is 1. The summed E-state index contributed by atoms with van der Waals surface area (Å²) in [5.74, 6) is -0.749. The van der Waals surface area contributed by atoms with Crippen molar-refractivity contribution in [1.29, 1.82) is 0 Å². The van der Waals surface area contributed by atoms with Crippen LogP contribution in [-0.2, 0) is 11.3 Å². The standard InChI is InChI=1S/C14H16FN3O2/c1-4-20-14(19)13-10(3)18(17-16-13)8-11-5-6-12(15)7-9(11)2/h5-7H,4,8H2,1-3H3. The van der Waals surface area contributed by atoms with E-state index < -0.39 is 5.97 Å². The molecule has 1 aromatic heterocycles. The zero-order chi connectivity index (χ0) is 14.7. The first kappa shape index (κ1) is 14.2. The Kier molecular flexibility index (Phi) is 4.12. The van der Waals surface area contributed by atoms with Crippen LogP contribution in [-0.4, -0.2) is 27.6 Å². The molecule has 1 heterocycles. The highest BCUT2D eigenvalue weighted by Gasteiger charge is 2.17. The number of halogens is 1. The predicted molar refractivity (Wildman–Crippen MR) is 71.0 cm³/mol. The van der Waals surface area contributed by atoms with Crippen molar-refractivity contribution in [2.24, 2.45) is 0 Å². The molecule has 2 aromatic rings. The molecule has 0 aliphatic carbocycles. The van der Waals surface area contributed by atoms with Crippen LogP contribution in [0.4, 0.5) is 4.39 Å². The lowest BCUT2D eigenvalue weighted by atomic mass is 10.1. The van der Waals surface area contributed by atoms with E-state index in [1.807, 2.05) is 6.92 Å². The van der Waals surface area contributed by atoms with Crippen LogP contribution in [0.1, 0.15) is 34.2 Å². The van der Waals surface area contributed by atoms with Gasteiger partial charge < -0.3 is 4.74 Å². The number of carbonyl (C=O) groups is 1.